The lowest BCUT2D eigenvalue weighted by Crippen LogP contribution is -2.57. The molecule has 0 saturated carbocycles. The maximum absolute atomic E-state index is 14.5. The Bertz CT molecular complexity index is 1340. The van der Waals surface area contributed by atoms with Crippen LogP contribution in [-0.4, -0.2) is 39.9 Å². The second-order valence-electron chi connectivity index (χ2n) is 8.31. The first-order chi connectivity index (χ1) is 17.3. The summed E-state index contributed by atoms with van der Waals surface area (Å²) in [5.41, 5.74) is 0.519. The zero-order valence-electron chi connectivity index (χ0n) is 20.0. The molecule has 0 spiro atoms. The summed E-state index contributed by atoms with van der Waals surface area (Å²) in [7, 11) is 0. The number of amides is 1. The molecule has 1 aromatic heterocycles. The predicted molar refractivity (Wildman–Crippen MR) is 137 cm³/mol. The molecule has 0 radical (unpaired) electrons. The maximum atomic E-state index is 14.5. The highest BCUT2D eigenvalue weighted by Gasteiger charge is 2.39. The molecule has 2 aromatic carbocycles. The summed E-state index contributed by atoms with van der Waals surface area (Å²) in [6.07, 6.45) is 3.67. The summed E-state index contributed by atoms with van der Waals surface area (Å²) in [5, 5.41) is 12.3. The van der Waals surface area contributed by atoms with Crippen molar-refractivity contribution in [1.29, 1.82) is 0 Å². The monoisotopic (exact) mass is 511 g/mol. The molecule has 188 valence electrons. The number of pyridine rings is 1. The van der Waals surface area contributed by atoms with E-state index in [0.717, 1.165) is 5.56 Å². The van der Waals surface area contributed by atoms with Crippen LogP contribution >= 0.6 is 11.6 Å². The number of halogens is 2. The quantitative estimate of drug-likeness (QED) is 0.438. The van der Waals surface area contributed by atoms with Crippen LogP contribution in [0.1, 0.15) is 47.9 Å². The smallest absolute Gasteiger partial charge is 0.278 e. The molecule has 3 aromatic rings. The summed E-state index contributed by atoms with van der Waals surface area (Å²) in [6.45, 7) is 7.88. The Morgan fingerprint density at radius 3 is 2.53 bits per heavy atom. The van der Waals surface area contributed by atoms with E-state index in [1.54, 1.807) is 24.0 Å². The largest absolute Gasteiger partial charge is 0.502 e. The molecule has 1 amide bonds. The van der Waals surface area contributed by atoms with Gasteiger partial charge in [0.05, 0.1) is 12.6 Å². The van der Waals surface area contributed by atoms with Gasteiger partial charge >= 0.3 is 0 Å². The van der Waals surface area contributed by atoms with Crippen molar-refractivity contribution in [2.75, 3.05) is 18.3 Å². The first-order valence-corrected chi connectivity index (χ1v) is 12.0. The van der Waals surface area contributed by atoms with Gasteiger partial charge < -0.3 is 14.7 Å². The van der Waals surface area contributed by atoms with Crippen LogP contribution in [0, 0.1) is 5.82 Å². The lowest BCUT2D eigenvalue weighted by molar-refractivity contribution is 0.0626. The molecule has 0 aliphatic carbocycles. The molecule has 7 nitrogen and oxygen atoms in total. The van der Waals surface area contributed by atoms with Crippen LogP contribution in [0.5, 0.6) is 11.5 Å². The van der Waals surface area contributed by atoms with E-state index < -0.39 is 28.9 Å². The van der Waals surface area contributed by atoms with Gasteiger partial charge in [0.25, 0.3) is 5.91 Å². The third-order valence-electron chi connectivity index (χ3n) is 6.26. The van der Waals surface area contributed by atoms with Gasteiger partial charge in [0, 0.05) is 17.8 Å². The fourth-order valence-corrected chi connectivity index (χ4v) is 4.76. The molecular formula is C27H27ClFN3O4. The normalized spacial score (nSPS) is 14.8. The van der Waals surface area contributed by atoms with E-state index in [1.807, 2.05) is 42.3 Å². The van der Waals surface area contributed by atoms with Gasteiger partial charge in [-0.15, -0.1) is 6.58 Å². The molecule has 0 bridgehead atoms. The fourth-order valence-electron chi connectivity index (χ4n) is 4.53. The van der Waals surface area contributed by atoms with Crippen LogP contribution in [0.2, 0.25) is 5.02 Å². The van der Waals surface area contributed by atoms with Crippen LogP contribution in [0.3, 0.4) is 0 Å². The van der Waals surface area contributed by atoms with Gasteiger partial charge in [-0.3, -0.25) is 19.3 Å². The van der Waals surface area contributed by atoms with Crippen LogP contribution < -0.4 is 15.2 Å². The summed E-state index contributed by atoms with van der Waals surface area (Å²) >= 11 is 6.36. The topological polar surface area (TPSA) is 75.0 Å². The Balaban J connectivity index is 2.03. The summed E-state index contributed by atoms with van der Waals surface area (Å²) in [4.78, 5) is 27.4. The molecule has 9 heteroatoms. The van der Waals surface area contributed by atoms with Crippen molar-refractivity contribution < 1.29 is 19.0 Å². The van der Waals surface area contributed by atoms with Crippen molar-refractivity contribution in [2.45, 2.75) is 32.4 Å². The number of carbonyl (C=O) groups excluding carboxylic acids is 1. The van der Waals surface area contributed by atoms with Crippen molar-refractivity contribution >= 4 is 17.5 Å². The van der Waals surface area contributed by atoms with Crippen LogP contribution in [0.25, 0.3) is 0 Å². The average Bonchev–Trinajstić information content (AvgIpc) is 2.88. The van der Waals surface area contributed by atoms with Gasteiger partial charge in [-0.1, -0.05) is 54.9 Å². The van der Waals surface area contributed by atoms with E-state index in [0.29, 0.717) is 12.0 Å². The van der Waals surface area contributed by atoms with Gasteiger partial charge in [-0.05, 0) is 31.0 Å². The van der Waals surface area contributed by atoms with Crippen LogP contribution in [-0.2, 0) is 0 Å². The Hall–Kier alpha value is -3.78. The lowest BCUT2D eigenvalue weighted by Gasteiger charge is -2.46. The first-order valence-electron chi connectivity index (χ1n) is 11.6. The molecule has 2 heterocycles. The minimum absolute atomic E-state index is 0.0821. The molecule has 4 rings (SSSR count). The molecule has 0 saturated heterocycles. The summed E-state index contributed by atoms with van der Waals surface area (Å²) in [6, 6.07) is 12.5. The molecule has 36 heavy (non-hydrogen) atoms. The Labute approximate surface area is 213 Å². The first kappa shape index (κ1) is 25.3. The highest BCUT2D eigenvalue weighted by atomic mass is 35.5. The van der Waals surface area contributed by atoms with Crippen LogP contribution in [0.4, 0.5) is 4.39 Å². The Morgan fingerprint density at radius 1 is 1.17 bits per heavy atom. The standard InChI is InChI=1S/C27H27ClFN3O4/c1-4-18(5-2)30-16-32(31-15-14-21(33)25(34)24(31)27(30)35)23(17-10-8-7-9-11-17)19-12-13-20(29)22(28)26(19)36-6-3/h4,7-15,18,23,34H,1,5-6,16H2,2-3H3/t18-,23-/m0/s1. The molecule has 0 unspecified atom stereocenters. The molecule has 1 aliphatic rings. The third-order valence-corrected chi connectivity index (χ3v) is 6.61. The van der Waals surface area contributed by atoms with E-state index in [1.165, 1.54) is 23.0 Å². The van der Waals surface area contributed by atoms with Crippen molar-refractivity contribution in [3.05, 3.63) is 105 Å². The number of fused-ring (bicyclic) bond motifs is 1. The van der Waals surface area contributed by atoms with Gasteiger partial charge in [0.15, 0.2) is 11.4 Å². The number of rotatable bonds is 8. The number of benzene rings is 2. The maximum Gasteiger partial charge on any atom is 0.278 e. The summed E-state index contributed by atoms with van der Waals surface area (Å²) < 4.78 is 21.8. The van der Waals surface area contributed by atoms with E-state index in [9.17, 15) is 19.1 Å². The molecule has 0 fully saturated rings. The molecular weight excluding hydrogens is 485 g/mol. The zero-order chi connectivity index (χ0) is 26.0. The van der Waals surface area contributed by atoms with Gasteiger partial charge in [0.1, 0.15) is 29.3 Å². The van der Waals surface area contributed by atoms with E-state index in [2.05, 4.69) is 6.58 Å². The zero-order valence-corrected chi connectivity index (χ0v) is 20.8. The predicted octanol–water partition coefficient (Wildman–Crippen LogP) is 4.85. The van der Waals surface area contributed by atoms with E-state index >= 15 is 0 Å². The van der Waals surface area contributed by atoms with E-state index in [4.69, 9.17) is 16.3 Å². The van der Waals surface area contributed by atoms with Crippen molar-refractivity contribution in [3.63, 3.8) is 0 Å². The SMILES string of the molecule is C=C[C@@H](CC)N1CN([C@@H](c2ccccc2)c2ccc(F)c(Cl)c2OCC)n2ccc(=O)c(O)c2C1=O. The Morgan fingerprint density at radius 2 is 1.89 bits per heavy atom. The lowest BCUT2D eigenvalue weighted by atomic mass is 9.96. The highest BCUT2D eigenvalue weighted by molar-refractivity contribution is 6.32. The molecule has 1 aliphatic heterocycles. The fraction of sp³-hybridized carbons (Fsp3) is 0.259. The molecule has 2 atom stereocenters. The number of hydrogen-bond acceptors (Lipinski definition) is 5. The van der Waals surface area contributed by atoms with Gasteiger partial charge in [0.2, 0.25) is 5.43 Å². The van der Waals surface area contributed by atoms with E-state index in [-0.39, 0.29) is 35.8 Å². The van der Waals surface area contributed by atoms with Gasteiger partial charge in [-0.2, -0.15) is 0 Å². The number of hydrogen-bond donors (Lipinski definition) is 1. The number of aromatic hydroxyl groups is 1. The second-order valence-corrected chi connectivity index (χ2v) is 8.69. The van der Waals surface area contributed by atoms with Crippen molar-refractivity contribution in [1.82, 2.24) is 9.58 Å². The second kappa shape index (κ2) is 10.5. The summed E-state index contributed by atoms with van der Waals surface area (Å²) in [5.74, 6) is -1.59. The van der Waals surface area contributed by atoms with Crippen LogP contribution in [0.15, 0.2) is 72.2 Å². The Kier molecular flexibility index (Phi) is 7.35. The highest BCUT2D eigenvalue weighted by Crippen LogP contribution is 2.41. The number of ether oxygens (including phenoxy) is 1. The van der Waals surface area contributed by atoms with Gasteiger partial charge in [-0.25, -0.2) is 4.39 Å². The average molecular weight is 512 g/mol. The van der Waals surface area contributed by atoms with Crippen molar-refractivity contribution in [2.24, 2.45) is 0 Å². The minimum Gasteiger partial charge on any atom is -0.502 e. The number of aromatic nitrogens is 1. The third kappa shape index (κ3) is 4.33. The molecule has 1 N–H and O–H groups in total. The minimum atomic E-state index is -0.667. The number of carbonyl (C=O) groups is 1. The van der Waals surface area contributed by atoms with Crippen molar-refractivity contribution in [3.8, 4) is 11.5 Å². The number of nitrogens with zero attached hydrogens (tertiary/aromatic N) is 3.